The first kappa shape index (κ1) is 11.2. The van der Waals surface area contributed by atoms with E-state index in [0.29, 0.717) is 18.6 Å². The summed E-state index contributed by atoms with van der Waals surface area (Å²) in [6.45, 7) is 9.95. The summed E-state index contributed by atoms with van der Waals surface area (Å²) in [5.74, 6) is 0.585. The van der Waals surface area contributed by atoms with Crippen molar-refractivity contribution in [3.05, 3.63) is 18.0 Å². The quantitative estimate of drug-likeness (QED) is 0.724. The second-order valence-corrected chi connectivity index (χ2v) is 4.29. The Hall–Kier alpha value is -0.830. The highest BCUT2D eigenvalue weighted by Crippen LogP contribution is 2.05. The fraction of sp³-hybridized carbons (Fsp3) is 0.727. The molecule has 0 fully saturated rings. The molecule has 0 aromatic carbocycles. The Kier molecular flexibility index (Phi) is 4.14. The highest BCUT2D eigenvalue weighted by atomic mass is 16.5. The van der Waals surface area contributed by atoms with Crippen LogP contribution in [0.15, 0.2) is 12.3 Å². The van der Waals surface area contributed by atoms with Crippen LogP contribution in [0, 0.1) is 5.92 Å². The van der Waals surface area contributed by atoms with Crippen molar-refractivity contribution in [3.8, 4) is 0 Å². The first-order valence-electron chi connectivity index (χ1n) is 5.21. The number of nitrogens with zero attached hydrogens (tertiary/aromatic N) is 2. The topological polar surface area (TPSA) is 27.1 Å². The van der Waals surface area contributed by atoms with Crippen molar-refractivity contribution in [1.82, 2.24) is 9.78 Å². The molecule has 80 valence electrons. The van der Waals surface area contributed by atoms with Crippen molar-refractivity contribution in [1.29, 1.82) is 0 Å². The van der Waals surface area contributed by atoms with Crippen molar-refractivity contribution >= 4 is 0 Å². The Labute approximate surface area is 86.1 Å². The van der Waals surface area contributed by atoms with Crippen LogP contribution in [-0.4, -0.2) is 16.4 Å². The zero-order valence-electron chi connectivity index (χ0n) is 9.53. The molecular formula is C11H20N2O. The van der Waals surface area contributed by atoms with E-state index in [1.54, 1.807) is 0 Å². The lowest BCUT2D eigenvalue weighted by Crippen LogP contribution is -2.04. The van der Waals surface area contributed by atoms with Crippen LogP contribution in [0.1, 0.15) is 39.4 Å². The van der Waals surface area contributed by atoms with E-state index in [1.165, 1.54) is 0 Å². The van der Waals surface area contributed by atoms with Gasteiger partial charge in [-0.05, 0) is 25.8 Å². The number of hydrogen-bond donors (Lipinski definition) is 0. The number of hydrogen-bond acceptors (Lipinski definition) is 2. The third-order valence-electron chi connectivity index (χ3n) is 1.89. The van der Waals surface area contributed by atoms with Crippen molar-refractivity contribution < 1.29 is 4.74 Å². The molecule has 0 aliphatic rings. The molecule has 1 heterocycles. The van der Waals surface area contributed by atoms with Crippen LogP contribution in [0.4, 0.5) is 0 Å². The van der Waals surface area contributed by atoms with Gasteiger partial charge in [-0.2, -0.15) is 5.10 Å². The maximum atomic E-state index is 5.50. The average molecular weight is 196 g/mol. The van der Waals surface area contributed by atoms with E-state index in [1.807, 2.05) is 16.9 Å². The van der Waals surface area contributed by atoms with Gasteiger partial charge >= 0.3 is 0 Å². The third kappa shape index (κ3) is 3.50. The van der Waals surface area contributed by atoms with E-state index in [9.17, 15) is 0 Å². The lowest BCUT2D eigenvalue weighted by atomic mass is 10.2. The minimum atomic E-state index is 0.425. The van der Waals surface area contributed by atoms with E-state index >= 15 is 0 Å². The lowest BCUT2D eigenvalue weighted by Gasteiger charge is -2.05. The van der Waals surface area contributed by atoms with Crippen molar-refractivity contribution in [3.63, 3.8) is 0 Å². The van der Waals surface area contributed by atoms with Crippen molar-refractivity contribution in [2.24, 2.45) is 5.92 Å². The summed E-state index contributed by atoms with van der Waals surface area (Å²) < 4.78 is 7.45. The SMILES string of the molecule is CC(C)COCc1ccn(C(C)C)n1. The molecule has 0 saturated heterocycles. The second-order valence-electron chi connectivity index (χ2n) is 4.29. The zero-order chi connectivity index (χ0) is 10.6. The predicted octanol–water partition coefficient (Wildman–Crippen LogP) is 2.64. The normalized spacial score (nSPS) is 11.6. The Bertz CT molecular complexity index is 266. The van der Waals surface area contributed by atoms with Crippen LogP contribution in [0.5, 0.6) is 0 Å². The third-order valence-corrected chi connectivity index (χ3v) is 1.89. The molecular weight excluding hydrogens is 176 g/mol. The van der Waals surface area contributed by atoms with Crippen LogP contribution in [0.3, 0.4) is 0 Å². The number of ether oxygens (including phenoxy) is 1. The lowest BCUT2D eigenvalue weighted by molar-refractivity contribution is 0.0943. The van der Waals surface area contributed by atoms with E-state index < -0.39 is 0 Å². The van der Waals surface area contributed by atoms with Crippen LogP contribution in [0.2, 0.25) is 0 Å². The fourth-order valence-corrected chi connectivity index (χ4v) is 1.14. The van der Waals surface area contributed by atoms with Crippen LogP contribution in [-0.2, 0) is 11.3 Å². The molecule has 0 aliphatic heterocycles. The summed E-state index contributed by atoms with van der Waals surface area (Å²) >= 11 is 0. The molecule has 0 atom stereocenters. The van der Waals surface area contributed by atoms with Gasteiger partial charge in [0.1, 0.15) is 0 Å². The minimum absolute atomic E-state index is 0.425. The molecule has 0 N–H and O–H groups in total. The molecule has 0 unspecified atom stereocenters. The molecule has 3 nitrogen and oxygen atoms in total. The summed E-state index contributed by atoms with van der Waals surface area (Å²) in [6, 6.07) is 2.44. The fourth-order valence-electron chi connectivity index (χ4n) is 1.14. The van der Waals surface area contributed by atoms with Crippen molar-refractivity contribution in [2.45, 2.75) is 40.3 Å². The molecule has 0 amide bonds. The van der Waals surface area contributed by atoms with Crippen LogP contribution in [0.25, 0.3) is 0 Å². The standard InChI is InChI=1S/C11H20N2O/c1-9(2)7-14-8-11-5-6-13(12-11)10(3)4/h5-6,9-10H,7-8H2,1-4H3. The van der Waals surface area contributed by atoms with Gasteiger partial charge in [0, 0.05) is 18.8 Å². The zero-order valence-corrected chi connectivity index (χ0v) is 9.53. The summed E-state index contributed by atoms with van der Waals surface area (Å²) in [6.07, 6.45) is 2.00. The molecule has 1 rings (SSSR count). The van der Waals surface area contributed by atoms with Gasteiger partial charge in [0.15, 0.2) is 0 Å². The van der Waals surface area contributed by atoms with Gasteiger partial charge < -0.3 is 4.74 Å². The first-order chi connectivity index (χ1) is 6.59. The average Bonchev–Trinajstić information content (AvgIpc) is 2.52. The van der Waals surface area contributed by atoms with Gasteiger partial charge in [-0.3, -0.25) is 4.68 Å². The highest BCUT2D eigenvalue weighted by Gasteiger charge is 2.02. The molecule has 1 aromatic rings. The number of rotatable bonds is 5. The van der Waals surface area contributed by atoms with Gasteiger partial charge in [0.2, 0.25) is 0 Å². The van der Waals surface area contributed by atoms with E-state index in [0.717, 1.165) is 12.3 Å². The Morgan fingerprint density at radius 1 is 1.36 bits per heavy atom. The summed E-state index contributed by atoms with van der Waals surface area (Å²) in [5, 5.41) is 4.40. The largest absolute Gasteiger partial charge is 0.375 e. The van der Waals surface area contributed by atoms with Crippen LogP contribution >= 0.6 is 0 Å². The Morgan fingerprint density at radius 2 is 2.07 bits per heavy atom. The maximum absolute atomic E-state index is 5.50. The Balaban J connectivity index is 2.36. The second kappa shape index (κ2) is 5.15. The van der Waals surface area contributed by atoms with Gasteiger partial charge in [0.05, 0.1) is 12.3 Å². The summed E-state index contributed by atoms with van der Waals surface area (Å²) in [4.78, 5) is 0. The van der Waals surface area contributed by atoms with Gasteiger partial charge in [0.25, 0.3) is 0 Å². The molecule has 1 aromatic heterocycles. The molecule has 0 radical (unpaired) electrons. The van der Waals surface area contributed by atoms with Crippen LogP contribution < -0.4 is 0 Å². The maximum Gasteiger partial charge on any atom is 0.0906 e. The molecule has 0 bridgehead atoms. The molecule has 0 aliphatic carbocycles. The molecule has 0 spiro atoms. The minimum Gasteiger partial charge on any atom is -0.375 e. The van der Waals surface area contributed by atoms with Gasteiger partial charge in [-0.15, -0.1) is 0 Å². The Morgan fingerprint density at radius 3 is 2.57 bits per heavy atom. The summed E-state index contributed by atoms with van der Waals surface area (Å²) in [5.41, 5.74) is 1.01. The van der Waals surface area contributed by atoms with E-state index in [2.05, 4.69) is 32.8 Å². The summed E-state index contributed by atoms with van der Waals surface area (Å²) in [7, 11) is 0. The molecule has 0 saturated carbocycles. The van der Waals surface area contributed by atoms with Gasteiger partial charge in [-0.1, -0.05) is 13.8 Å². The first-order valence-corrected chi connectivity index (χ1v) is 5.21. The molecule has 3 heteroatoms. The molecule has 14 heavy (non-hydrogen) atoms. The van der Waals surface area contributed by atoms with E-state index in [4.69, 9.17) is 4.74 Å². The number of aromatic nitrogens is 2. The van der Waals surface area contributed by atoms with Gasteiger partial charge in [-0.25, -0.2) is 0 Å². The smallest absolute Gasteiger partial charge is 0.0906 e. The van der Waals surface area contributed by atoms with Crippen molar-refractivity contribution in [2.75, 3.05) is 6.61 Å². The monoisotopic (exact) mass is 196 g/mol. The predicted molar refractivity (Wildman–Crippen MR) is 57.1 cm³/mol. The van der Waals surface area contributed by atoms with E-state index in [-0.39, 0.29) is 0 Å². The highest BCUT2D eigenvalue weighted by molar-refractivity contribution is 4.97.